The number of fused-ring (bicyclic) bond motifs is 1. The van der Waals surface area contributed by atoms with Gasteiger partial charge < -0.3 is 15.1 Å². The average Bonchev–Trinajstić information content (AvgIpc) is 2.92. The number of carbonyl (C=O) groups is 2. The number of nitrogens with one attached hydrogen (secondary N) is 1. The Morgan fingerprint density at radius 2 is 1.62 bits per heavy atom. The predicted octanol–water partition coefficient (Wildman–Crippen LogP) is 3.62. The van der Waals surface area contributed by atoms with E-state index in [4.69, 9.17) is 0 Å². The molecule has 1 fully saturated rings. The molecule has 0 saturated carbocycles. The molecule has 2 heterocycles. The van der Waals surface area contributed by atoms with E-state index in [1.807, 2.05) is 6.07 Å². The van der Waals surface area contributed by atoms with Gasteiger partial charge in [-0.3, -0.25) is 9.59 Å². The second kappa shape index (κ2) is 10.3. The smallest absolute Gasteiger partial charge is 0.231 e. The van der Waals surface area contributed by atoms with E-state index in [1.54, 1.807) is 53.4 Å². The van der Waals surface area contributed by atoms with Crippen LogP contribution in [0.1, 0.15) is 23.5 Å². The van der Waals surface area contributed by atoms with Crippen molar-refractivity contribution >= 4 is 33.0 Å². The number of benzene rings is 3. The topological polar surface area (TPSA) is 86.8 Å². The van der Waals surface area contributed by atoms with E-state index in [2.05, 4.69) is 10.2 Å². The van der Waals surface area contributed by atoms with Crippen molar-refractivity contribution in [2.75, 3.05) is 42.1 Å². The number of nitrogens with zero attached hydrogens (tertiary/aromatic N) is 2. The van der Waals surface area contributed by atoms with Crippen molar-refractivity contribution in [1.29, 1.82) is 0 Å². The highest BCUT2D eigenvalue weighted by Gasteiger charge is 2.33. The van der Waals surface area contributed by atoms with Gasteiger partial charge in [0.15, 0.2) is 9.84 Å². The summed E-state index contributed by atoms with van der Waals surface area (Å²) in [6, 6.07) is 20.0. The van der Waals surface area contributed by atoms with E-state index in [0.29, 0.717) is 50.3 Å². The summed E-state index contributed by atoms with van der Waals surface area (Å²) in [5, 5.41) is 2.77. The normalized spacial score (nSPS) is 16.6. The van der Waals surface area contributed by atoms with E-state index in [9.17, 15) is 22.4 Å². The molecule has 2 amide bonds. The monoisotopic (exact) mass is 521 g/mol. The summed E-state index contributed by atoms with van der Waals surface area (Å²) in [4.78, 5) is 29.3. The molecule has 3 aromatic carbocycles. The van der Waals surface area contributed by atoms with Crippen LogP contribution < -0.4 is 10.2 Å². The highest BCUT2D eigenvalue weighted by Crippen LogP contribution is 2.29. The molecule has 5 rings (SSSR count). The summed E-state index contributed by atoms with van der Waals surface area (Å²) < 4.78 is 40.3. The molecule has 7 nitrogen and oxygen atoms in total. The molecule has 0 spiro atoms. The number of rotatable bonds is 6. The highest BCUT2D eigenvalue weighted by atomic mass is 32.2. The van der Waals surface area contributed by atoms with Gasteiger partial charge >= 0.3 is 0 Å². The molecule has 1 saturated heterocycles. The Kier molecular flexibility index (Phi) is 6.97. The van der Waals surface area contributed by atoms with Crippen LogP contribution in [0.4, 0.5) is 15.8 Å². The minimum Gasteiger partial charge on any atom is -0.368 e. The first-order valence-electron chi connectivity index (χ1n) is 12.3. The van der Waals surface area contributed by atoms with Crippen LogP contribution in [0.25, 0.3) is 0 Å². The molecule has 192 valence electrons. The Bertz CT molecular complexity index is 1400. The lowest BCUT2D eigenvalue weighted by molar-refractivity contribution is -0.132. The Morgan fingerprint density at radius 1 is 0.919 bits per heavy atom. The van der Waals surface area contributed by atoms with Gasteiger partial charge in [0.1, 0.15) is 5.82 Å². The summed E-state index contributed by atoms with van der Waals surface area (Å²) in [7, 11) is -3.80. The number of halogens is 1. The van der Waals surface area contributed by atoms with E-state index in [1.165, 1.54) is 18.2 Å². The lowest BCUT2D eigenvalue weighted by Crippen LogP contribution is -2.50. The second-order valence-electron chi connectivity index (χ2n) is 9.40. The van der Waals surface area contributed by atoms with Gasteiger partial charge in [-0.25, -0.2) is 12.8 Å². The Hall–Kier alpha value is -3.72. The predicted molar refractivity (Wildman–Crippen MR) is 140 cm³/mol. The van der Waals surface area contributed by atoms with Crippen LogP contribution >= 0.6 is 0 Å². The van der Waals surface area contributed by atoms with Crippen LogP contribution in [0.3, 0.4) is 0 Å². The van der Waals surface area contributed by atoms with E-state index >= 15 is 0 Å². The molecule has 0 bridgehead atoms. The molecule has 0 radical (unpaired) electrons. The maximum Gasteiger partial charge on any atom is 0.231 e. The second-order valence-corrected chi connectivity index (χ2v) is 11.4. The molecule has 1 N–H and O–H groups in total. The lowest BCUT2D eigenvalue weighted by atomic mass is 9.99. The number of hydrogen-bond donors (Lipinski definition) is 1. The molecule has 2 aliphatic heterocycles. The first-order chi connectivity index (χ1) is 17.8. The summed E-state index contributed by atoms with van der Waals surface area (Å²) in [5.41, 5.74) is 2.95. The third kappa shape index (κ3) is 5.51. The maximum absolute atomic E-state index is 13.7. The number of anilines is 2. The van der Waals surface area contributed by atoms with Crippen molar-refractivity contribution < 1.29 is 22.4 Å². The highest BCUT2D eigenvalue weighted by molar-refractivity contribution is 7.91. The molecule has 3 aromatic rings. The van der Waals surface area contributed by atoms with Crippen molar-refractivity contribution in [1.82, 2.24) is 4.90 Å². The van der Waals surface area contributed by atoms with Gasteiger partial charge in [-0.15, -0.1) is 0 Å². The minimum absolute atomic E-state index is 0.0858. The molecule has 1 unspecified atom stereocenters. The SMILES string of the molecule is O=C1CCc2cc(S(=O)(=O)CC(C(=O)N3CCN(c4ccc(F)cc4)CC3)c3ccccc3)ccc2N1. The number of carbonyl (C=O) groups excluding carboxylic acids is 2. The van der Waals surface area contributed by atoms with E-state index in [0.717, 1.165) is 11.3 Å². The molecule has 9 heteroatoms. The quantitative estimate of drug-likeness (QED) is 0.536. The molecular formula is C28H28FN3O4S. The third-order valence-electron chi connectivity index (χ3n) is 7.00. The molecule has 37 heavy (non-hydrogen) atoms. The van der Waals surface area contributed by atoms with Gasteiger partial charge in [-0.1, -0.05) is 30.3 Å². The Labute approximate surface area is 215 Å². The van der Waals surface area contributed by atoms with Gasteiger partial charge in [-0.2, -0.15) is 0 Å². The van der Waals surface area contributed by atoms with E-state index < -0.39 is 15.8 Å². The third-order valence-corrected chi connectivity index (χ3v) is 8.74. The number of amides is 2. The summed E-state index contributed by atoms with van der Waals surface area (Å²) in [6.07, 6.45) is 0.787. The Balaban J connectivity index is 1.35. The molecule has 1 atom stereocenters. The zero-order chi connectivity index (χ0) is 26.0. The fourth-order valence-electron chi connectivity index (χ4n) is 4.92. The lowest BCUT2D eigenvalue weighted by Gasteiger charge is -2.37. The van der Waals surface area contributed by atoms with Gasteiger partial charge in [0.05, 0.1) is 16.6 Å². The first-order valence-corrected chi connectivity index (χ1v) is 14.0. The van der Waals surface area contributed by atoms with Crippen molar-refractivity contribution in [3.63, 3.8) is 0 Å². The molecule has 0 aromatic heterocycles. The van der Waals surface area contributed by atoms with Crippen LogP contribution in [0.5, 0.6) is 0 Å². The minimum atomic E-state index is -3.80. The zero-order valence-corrected chi connectivity index (χ0v) is 21.1. The zero-order valence-electron chi connectivity index (χ0n) is 20.3. The Morgan fingerprint density at radius 3 is 2.32 bits per heavy atom. The fourth-order valence-corrected chi connectivity index (χ4v) is 6.49. The first kappa shape index (κ1) is 25.0. The van der Waals surface area contributed by atoms with Crippen molar-refractivity contribution in [3.05, 3.63) is 89.7 Å². The van der Waals surface area contributed by atoms with Crippen LogP contribution in [-0.2, 0) is 25.8 Å². The van der Waals surface area contributed by atoms with Crippen LogP contribution in [0.2, 0.25) is 0 Å². The summed E-state index contributed by atoms with van der Waals surface area (Å²) >= 11 is 0. The van der Waals surface area contributed by atoms with E-state index in [-0.39, 0.29) is 28.3 Å². The summed E-state index contributed by atoms with van der Waals surface area (Å²) in [5.74, 6) is -1.80. The van der Waals surface area contributed by atoms with Gasteiger partial charge in [-0.05, 0) is 60.0 Å². The van der Waals surface area contributed by atoms with Gasteiger partial charge in [0.25, 0.3) is 0 Å². The van der Waals surface area contributed by atoms with Crippen LogP contribution in [-0.4, -0.2) is 57.1 Å². The average molecular weight is 522 g/mol. The molecule has 2 aliphatic rings. The summed E-state index contributed by atoms with van der Waals surface area (Å²) in [6.45, 7) is 2.03. The van der Waals surface area contributed by atoms with Crippen LogP contribution in [0, 0.1) is 5.82 Å². The number of piperazine rings is 1. The molecule has 0 aliphatic carbocycles. The largest absolute Gasteiger partial charge is 0.368 e. The standard InChI is InChI=1S/C28H28FN3O4S/c29-22-7-9-23(10-8-22)31-14-16-32(17-15-31)28(34)25(20-4-2-1-3-5-20)19-37(35,36)24-11-12-26-21(18-24)6-13-27(33)30-26/h1-5,7-12,18,25H,6,13-17,19H2,(H,30,33). The van der Waals surface area contributed by atoms with Gasteiger partial charge in [0.2, 0.25) is 11.8 Å². The van der Waals surface area contributed by atoms with Gasteiger partial charge in [0, 0.05) is 44.0 Å². The maximum atomic E-state index is 13.7. The van der Waals surface area contributed by atoms with Crippen molar-refractivity contribution in [2.45, 2.75) is 23.7 Å². The van der Waals surface area contributed by atoms with Crippen LogP contribution in [0.15, 0.2) is 77.7 Å². The molecular weight excluding hydrogens is 493 g/mol. The number of hydrogen-bond acceptors (Lipinski definition) is 5. The number of sulfone groups is 1. The fraction of sp³-hybridized carbons (Fsp3) is 0.286. The van der Waals surface area contributed by atoms with Crippen molar-refractivity contribution in [2.24, 2.45) is 0 Å². The van der Waals surface area contributed by atoms with Crippen molar-refractivity contribution in [3.8, 4) is 0 Å². The number of aryl methyl sites for hydroxylation is 1.